The third-order valence-electron chi connectivity index (χ3n) is 5.01. The molecule has 1 atom stereocenters. The zero-order chi connectivity index (χ0) is 26.9. The standard InChI is InChI=1S/C21H16ClF4N7O4/c1-37-19(35)18-28-15(29-33(18)17-13(23)3-2-8-27-17)10-32-20(36)31(9-14(34)21(24,25)26)16(30-32)11-4-6-12(22)7-5-11/h2-8,14,34H,9-10H2,1H3/t14-/m0/s1. The van der Waals surface area contributed by atoms with Crippen molar-refractivity contribution in [3.63, 3.8) is 0 Å². The highest BCUT2D eigenvalue weighted by Crippen LogP contribution is 2.24. The highest BCUT2D eigenvalue weighted by molar-refractivity contribution is 6.30. The first-order valence-corrected chi connectivity index (χ1v) is 10.7. The average molecular weight is 542 g/mol. The van der Waals surface area contributed by atoms with Gasteiger partial charge in [0, 0.05) is 16.8 Å². The number of aliphatic hydroxyl groups excluding tert-OH is 1. The van der Waals surface area contributed by atoms with E-state index in [4.69, 9.17) is 11.6 Å². The molecule has 4 rings (SSSR count). The maximum atomic E-state index is 14.3. The van der Waals surface area contributed by atoms with Crippen LogP contribution in [0, 0.1) is 5.82 Å². The Labute approximate surface area is 209 Å². The summed E-state index contributed by atoms with van der Waals surface area (Å²) in [5.74, 6) is -3.10. The van der Waals surface area contributed by atoms with E-state index in [1.165, 1.54) is 36.5 Å². The minimum absolute atomic E-state index is 0.201. The maximum Gasteiger partial charge on any atom is 0.416 e. The zero-order valence-electron chi connectivity index (χ0n) is 18.7. The number of halogens is 5. The van der Waals surface area contributed by atoms with Gasteiger partial charge in [0.05, 0.1) is 13.7 Å². The van der Waals surface area contributed by atoms with Gasteiger partial charge in [-0.2, -0.15) is 17.9 Å². The van der Waals surface area contributed by atoms with Crippen molar-refractivity contribution in [1.82, 2.24) is 34.1 Å². The van der Waals surface area contributed by atoms with Gasteiger partial charge < -0.3 is 9.84 Å². The van der Waals surface area contributed by atoms with E-state index < -0.39 is 48.7 Å². The molecule has 3 heterocycles. The van der Waals surface area contributed by atoms with Crippen LogP contribution in [0.5, 0.6) is 0 Å². The summed E-state index contributed by atoms with van der Waals surface area (Å²) in [6.45, 7) is -1.67. The van der Waals surface area contributed by atoms with E-state index in [9.17, 15) is 32.3 Å². The summed E-state index contributed by atoms with van der Waals surface area (Å²) in [4.78, 5) is 33.0. The molecule has 0 aliphatic heterocycles. The number of methoxy groups -OCH3 is 1. The van der Waals surface area contributed by atoms with Crippen LogP contribution in [0.3, 0.4) is 0 Å². The fourth-order valence-corrected chi connectivity index (χ4v) is 3.38. The molecule has 0 amide bonds. The normalized spacial score (nSPS) is 12.5. The van der Waals surface area contributed by atoms with Gasteiger partial charge in [-0.05, 0) is 36.4 Å². The molecule has 16 heteroatoms. The Morgan fingerprint density at radius 2 is 1.89 bits per heavy atom. The second kappa shape index (κ2) is 10.1. The van der Waals surface area contributed by atoms with Gasteiger partial charge in [0.2, 0.25) is 5.82 Å². The quantitative estimate of drug-likeness (QED) is 0.278. The third-order valence-corrected chi connectivity index (χ3v) is 5.26. The van der Waals surface area contributed by atoms with Crippen LogP contribution in [0.4, 0.5) is 17.6 Å². The summed E-state index contributed by atoms with van der Waals surface area (Å²) >= 11 is 5.87. The molecule has 37 heavy (non-hydrogen) atoms. The van der Waals surface area contributed by atoms with Crippen LogP contribution in [-0.4, -0.2) is 64.6 Å². The monoisotopic (exact) mass is 541 g/mol. The molecule has 0 bridgehead atoms. The lowest BCUT2D eigenvalue weighted by Crippen LogP contribution is -2.37. The van der Waals surface area contributed by atoms with Gasteiger partial charge in [0.25, 0.3) is 0 Å². The molecule has 1 N–H and O–H groups in total. The number of pyridine rings is 1. The number of benzene rings is 1. The number of alkyl halides is 3. The number of nitrogens with zero attached hydrogens (tertiary/aromatic N) is 7. The van der Waals surface area contributed by atoms with Gasteiger partial charge in [-0.25, -0.2) is 28.6 Å². The van der Waals surface area contributed by atoms with Gasteiger partial charge in [-0.15, -0.1) is 10.2 Å². The number of hydrogen-bond donors (Lipinski definition) is 1. The average Bonchev–Trinajstić information content (AvgIpc) is 3.40. The molecule has 0 unspecified atom stereocenters. The van der Waals surface area contributed by atoms with Crippen LogP contribution in [0.25, 0.3) is 17.2 Å². The van der Waals surface area contributed by atoms with Crippen LogP contribution in [0.15, 0.2) is 47.4 Å². The Balaban J connectivity index is 1.79. The van der Waals surface area contributed by atoms with Crippen molar-refractivity contribution < 1.29 is 32.2 Å². The Kier molecular flexibility index (Phi) is 7.09. The minimum Gasteiger partial charge on any atom is -0.463 e. The number of esters is 1. The SMILES string of the molecule is COC(=O)c1nc(Cn2nc(-c3ccc(Cl)cc3)n(C[C@H](O)C(F)(F)F)c2=O)nn1-c1ncccc1F. The summed E-state index contributed by atoms with van der Waals surface area (Å²) in [6, 6.07) is 8.13. The van der Waals surface area contributed by atoms with Crippen LogP contribution in [-0.2, 0) is 17.8 Å². The largest absolute Gasteiger partial charge is 0.463 e. The Morgan fingerprint density at radius 3 is 2.51 bits per heavy atom. The second-order valence-corrected chi connectivity index (χ2v) is 7.94. The molecule has 11 nitrogen and oxygen atoms in total. The highest BCUT2D eigenvalue weighted by atomic mass is 35.5. The maximum absolute atomic E-state index is 14.3. The van der Waals surface area contributed by atoms with Crippen LogP contribution in [0.1, 0.15) is 16.4 Å². The fraction of sp³-hybridized carbons (Fsp3) is 0.238. The van der Waals surface area contributed by atoms with E-state index in [0.717, 1.165) is 22.5 Å². The lowest BCUT2D eigenvalue weighted by molar-refractivity contribution is -0.207. The summed E-state index contributed by atoms with van der Waals surface area (Å²) in [6.07, 6.45) is -6.61. The van der Waals surface area contributed by atoms with Crippen LogP contribution < -0.4 is 5.69 Å². The minimum atomic E-state index is -5.00. The topological polar surface area (TPSA) is 130 Å². The molecule has 0 fully saturated rings. The van der Waals surface area contributed by atoms with E-state index in [0.29, 0.717) is 9.59 Å². The molecule has 0 saturated heterocycles. The van der Waals surface area contributed by atoms with Crippen molar-refractivity contribution in [2.24, 2.45) is 0 Å². The van der Waals surface area contributed by atoms with Crippen molar-refractivity contribution in [2.45, 2.75) is 25.4 Å². The summed E-state index contributed by atoms with van der Waals surface area (Å²) in [5, 5.41) is 18.0. The number of hydrogen-bond acceptors (Lipinski definition) is 8. The van der Waals surface area contributed by atoms with Crippen molar-refractivity contribution in [3.8, 4) is 17.2 Å². The first kappa shape index (κ1) is 26.0. The van der Waals surface area contributed by atoms with Crippen molar-refractivity contribution in [3.05, 3.63) is 75.6 Å². The molecule has 0 aliphatic rings. The number of carbonyl (C=O) groups is 1. The van der Waals surface area contributed by atoms with E-state index in [2.05, 4.69) is 24.9 Å². The Morgan fingerprint density at radius 1 is 1.19 bits per heavy atom. The lowest BCUT2D eigenvalue weighted by atomic mass is 10.2. The van der Waals surface area contributed by atoms with E-state index >= 15 is 0 Å². The van der Waals surface area contributed by atoms with Crippen LogP contribution in [0.2, 0.25) is 5.02 Å². The second-order valence-electron chi connectivity index (χ2n) is 7.50. The smallest absolute Gasteiger partial charge is 0.416 e. The molecule has 3 aromatic heterocycles. The van der Waals surface area contributed by atoms with E-state index in [1.807, 2.05) is 0 Å². The summed E-state index contributed by atoms with van der Waals surface area (Å²) in [7, 11) is 1.06. The molecular formula is C21H16ClF4N7O4. The number of carbonyl (C=O) groups excluding carboxylic acids is 1. The first-order chi connectivity index (χ1) is 17.5. The van der Waals surface area contributed by atoms with Crippen molar-refractivity contribution >= 4 is 17.6 Å². The molecule has 1 aromatic carbocycles. The summed E-state index contributed by atoms with van der Waals surface area (Å²) in [5.41, 5.74) is -0.799. The molecule has 0 saturated carbocycles. The molecule has 0 spiro atoms. The number of ether oxygens (including phenoxy) is 1. The fourth-order valence-electron chi connectivity index (χ4n) is 3.26. The molecule has 194 valence electrons. The highest BCUT2D eigenvalue weighted by Gasteiger charge is 2.39. The van der Waals surface area contributed by atoms with Gasteiger partial charge >= 0.3 is 17.8 Å². The molecule has 0 aliphatic carbocycles. The molecule has 4 aromatic rings. The van der Waals surface area contributed by atoms with Crippen molar-refractivity contribution in [1.29, 1.82) is 0 Å². The number of aliphatic hydroxyl groups is 1. The predicted octanol–water partition coefficient (Wildman–Crippen LogP) is 2.24. The zero-order valence-corrected chi connectivity index (χ0v) is 19.5. The number of rotatable bonds is 7. The van der Waals surface area contributed by atoms with Gasteiger partial charge in [0.15, 0.2) is 29.4 Å². The molecule has 0 radical (unpaired) electrons. The number of aromatic nitrogens is 7. The first-order valence-electron chi connectivity index (χ1n) is 10.3. The van der Waals surface area contributed by atoms with Crippen LogP contribution >= 0.6 is 11.6 Å². The Bertz CT molecular complexity index is 1500. The van der Waals surface area contributed by atoms with Crippen molar-refractivity contribution in [2.75, 3.05) is 7.11 Å². The van der Waals surface area contributed by atoms with Gasteiger partial charge in [-0.1, -0.05) is 11.6 Å². The van der Waals surface area contributed by atoms with Gasteiger partial charge in [-0.3, -0.25) is 4.57 Å². The predicted molar refractivity (Wildman–Crippen MR) is 119 cm³/mol. The summed E-state index contributed by atoms with van der Waals surface area (Å²) < 4.78 is 60.2. The van der Waals surface area contributed by atoms with E-state index in [1.54, 1.807) is 0 Å². The van der Waals surface area contributed by atoms with Gasteiger partial charge in [0.1, 0.15) is 6.54 Å². The lowest BCUT2D eigenvalue weighted by Gasteiger charge is -2.15. The third kappa shape index (κ3) is 5.36. The van der Waals surface area contributed by atoms with E-state index in [-0.39, 0.29) is 23.0 Å². The molecular weight excluding hydrogens is 526 g/mol. The Hall–Kier alpha value is -4.11.